The van der Waals surface area contributed by atoms with Crippen molar-refractivity contribution in [3.63, 3.8) is 0 Å². The number of hydrogen-bond donors (Lipinski definition) is 3. The zero-order chi connectivity index (χ0) is 33.7. The zero-order valence-electron chi connectivity index (χ0n) is 27.2. The summed E-state index contributed by atoms with van der Waals surface area (Å²) >= 11 is 0. The molecule has 46 heavy (non-hydrogen) atoms. The van der Waals surface area contributed by atoms with Gasteiger partial charge in [0.1, 0.15) is 11.5 Å². The monoisotopic (exact) mass is 634 g/mol. The van der Waals surface area contributed by atoms with E-state index in [9.17, 15) is 28.5 Å². The molecule has 4 aliphatic rings. The first-order valence-electron chi connectivity index (χ1n) is 16.3. The Hall–Kier alpha value is -4.08. The van der Waals surface area contributed by atoms with Crippen LogP contribution in [0.15, 0.2) is 23.3 Å². The summed E-state index contributed by atoms with van der Waals surface area (Å²) in [6, 6.07) is 2.76. The predicted molar refractivity (Wildman–Crippen MR) is 178 cm³/mol. The maximum Gasteiger partial charge on any atom is 0.298 e. The Balaban J connectivity index is 0.000000182. The van der Waals surface area contributed by atoms with E-state index in [2.05, 4.69) is 13.8 Å². The molecule has 0 heterocycles. The van der Waals surface area contributed by atoms with Gasteiger partial charge in [0.05, 0.1) is 16.3 Å². The Morgan fingerprint density at radius 1 is 0.761 bits per heavy atom. The highest BCUT2D eigenvalue weighted by molar-refractivity contribution is 6.07. The van der Waals surface area contributed by atoms with Crippen molar-refractivity contribution in [2.24, 2.45) is 10.8 Å². The second-order valence-electron chi connectivity index (χ2n) is 13.6. The lowest BCUT2D eigenvalue weighted by Crippen LogP contribution is -2.28. The minimum Gasteiger partial charge on any atom is -0.397 e. The van der Waals surface area contributed by atoms with Gasteiger partial charge in [0.25, 0.3) is 5.69 Å². The zero-order valence-corrected chi connectivity index (χ0v) is 27.2. The first kappa shape index (κ1) is 33.3. The molecule has 8 nitrogen and oxygen atoms in total. The molecule has 0 aromatic heterocycles. The number of anilines is 3. The molecule has 2 aromatic rings. The van der Waals surface area contributed by atoms with E-state index in [1.54, 1.807) is 6.92 Å². The van der Waals surface area contributed by atoms with Gasteiger partial charge in [-0.3, -0.25) is 19.7 Å². The Morgan fingerprint density at radius 2 is 1.20 bits per heavy atom. The fourth-order valence-electron chi connectivity index (χ4n) is 8.56. The number of carbonyl (C=O) groups excluding carboxylic acids is 2. The summed E-state index contributed by atoms with van der Waals surface area (Å²) in [5, 5.41) is 11.5. The molecular formula is C36H44F2N4O4. The van der Waals surface area contributed by atoms with Gasteiger partial charge in [-0.05, 0) is 103 Å². The molecule has 0 radical (unpaired) electrons. The van der Waals surface area contributed by atoms with Crippen LogP contribution in [0.3, 0.4) is 0 Å². The molecule has 4 aliphatic carbocycles. The molecule has 0 saturated heterocycles. The van der Waals surface area contributed by atoms with Gasteiger partial charge in [-0.25, -0.2) is 8.78 Å². The number of fused-ring (bicyclic) bond motifs is 6. The molecule has 6 rings (SSSR count). The topological polar surface area (TPSA) is 155 Å². The normalized spacial score (nSPS) is 23.1. The number of halogens is 2. The maximum atomic E-state index is 14.2. The molecule has 2 atom stereocenters. The van der Waals surface area contributed by atoms with Crippen molar-refractivity contribution in [1.82, 2.24) is 0 Å². The van der Waals surface area contributed by atoms with Gasteiger partial charge in [-0.15, -0.1) is 0 Å². The molecule has 0 amide bonds. The molecule has 0 spiro atoms. The molecular weight excluding hydrogens is 590 g/mol. The number of ketones is 2. The van der Waals surface area contributed by atoms with Crippen LogP contribution < -0.4 is 17.2 Å². The Kier molecular flexibility index (Phi) is 8.87. The summed E-state index contributed by atoms with van der Waals surface area (Å²) in [7, 11) is 0. The smallest absolute Gasteiger partial charge is 0.298 e. The van der Waals surface area contributed by atoms with E-state index in [1.807, 2.05) is 6.92 Å². The SMILES string of the molecule is CCCCC12CCC(=O)C(C)=C1c1cc(F)c(N)c(N)c1C2.CCCCC12CCC(=O)C(C)=C1c1cc(F)c(N)c([N+](=O)[O-])c1C2. The molecule has 6 N–H and O–H groups in total. The Labute approximate surface area is 268 Å². The van der Waals surface area contributed by atoms with Crippen molar-refractivity contribution in [2.75, 3.05) is 17.2 Å². The van der Waals surface area contributed by atoms with Crippen LogP contribution in [0.25, 0.3) is 11.1 Å². The van der Waals surface area contributed by atoms with E-state index < -0.39 is 22.2 Å². The lowest BCUT2D eigenvalue weighted by molar-refractivity contribution is -0.384. The summed E-state index contributed by atoms with van der Waals surface area (Å²) in [5.74, 6) is -1.05. The van der Waals surface area contributed by atoms with Crippen LogP contribution in [0.1, 0.15) is 114 Å². The Morgan fingerprint density at radius 3 is 1.65 bits per heavy atom. The third-order valence-corrected chi connectivity index (χ3v) is 10.9. The number of nitro benzene ring substituents is 1. The van der Waals surface area contributed by atoms with E-state index in [0.717, 1.165) is 79.2 Å². The van der Waals surface area contributed by atoms with Gasteiger partial charge in [0.15, 0.2) is 17.4 Å². The largest absolute Gasteiger partial charge is 0.397 e. The fraction of sp³-hybridized carbons (Fsp3) is 0.500. The number of Topliss-reactive ketones (excluding diaryl/α,β-unsaturated/α-hetero) is 2. The molecule has 0 fully saturated rings. The van der Waals surface area contributed by atoms with Gasteiger partial charge < -0.3 is 17.2 Å². The van der Waals surface area contributed by atoms with Crippen LogP contribution >= 0.6 is 0 Å². The minimum absolute atomic E-state index is 0.0348. The number of nitrogens with two attached hydrogens (primary N) is 3. The van der Waals surface area contributed by atoms with Crippen molar-refractivity contribution >= 4 is 45.5 Å². The molecule has 0 bridgehead atoms. The van der Waals surface area contributed by atoms with E-state index in [0.29, 0.717) is 48.1 Å². The highest BCUT2D eigenvalue weighted by Crippen LogP contribution is 2.60. The molecule has 10 heteroatoms. The summed E-state index contributed by atoms with van der Waals surface area (Å²) in [5.41, 5.74) is 22.8. The lowest BCUT2D eigenvalue weighted by Gasteiger charge is -2.36. The quantitative estimate of drug-likeness (QED) is 0.158. The van der Waals surface area contributed by atoms with Crippen molar-refractivity contribution in [3.05, 3.63) is 67.3 Å². The lowest BCUT2D eigenvalue weighted by atomic mass is 9.67. The van der Waals surface area contributed by atoms with E-state index >= 15 is 0 Å². The van der Waals surface area contributed by atoms with Crippen LogP contribution in [-0.4, -0.2) is 16.5 Å². The van der Waals surface area contributed by atoms with Crippen molar-refractivity contribution < 1.29 is 23.3 Å². The number of nitrogen functional groups attached to an aromatic ring is 3. The summed E-state index contributed by atoms with van der Waals surface area (Å²) in [6.07, 6.45) is 9.75. The van der Waals surface area contributed by atoms with Crippen LogP contribution in [0.2, 0.25) is 0 Å². The van der Waals surface area contributed by atoms with Gasteiger partial charge >= 0.3 is 0 Å². The number of rotatable bonds is 7. The molecule has 0 saturated carbocycles. The van der Waals surface area contributed by atoms with E-state index in [4.69, 9.17) is 17.2 Å². The average molecular weight is 635 g/mol. The number of unbranched alkanes of at least 4 members (excludes halogenated alkanes) is 2. The molecule has 2 unspecified atom stereocenters. The second-order valence-corrected chi connectivity index (χ2v) is 13.6. The Bertz CT molecular complexity index is 1730. The van der Waals surface area contributed by atoms with Crippen LogP contribution in [0.4, 0.5) is 31.5 Å². The highest BCUT2D eigenvalue weighted by Gasteiger charge is 2.49. The number of allylic oxidation sites excluding steroid dienone is 4. The van der Waals surface area contributed by atoms with Gasteiger partial charge in [0, 0.05) is 29.2 Å². The fourth-order valence-corrected chi connectivity index (χ4v) is 8.56. The minimum atomic E-state index is -0.787. The third kappa shape index (κ3) is 5.19. The second kappa shape index (κ2) is 12.3. The number of nitro groups is 1. The first-order chi connectivity index (χ1) is 21.7. The van der Waals surface area contributed by atoms with Gasteiger partial charge in [-0.2, -0.15) is 0 Å². The third-order valence-electron chi connectivity index (χ3n) is 10.9. The van der Waals surface area contributed by atoms with Gasteiger partial charge in [0.2, 0.25) is 0 Å². The standard InChI is InChI=1S/C18H21FN2O3.C18H23FN2O/c1-3-4-6-18-7-5-14(22)10(2)15(18)11-8-13(19)16(20)17(21(23)24)12(11)9-18;1-3-4-6-18-7-5-14(22)10(2)15(18)11-8-13(19)17(21)16(20)12(11)9-18/h8H,3-7,9,20H2,1-2H3;8H,3-7,9,20-21H2,1-2H3. The molecule has 246 valence electrons. The van der Waals surface area contributed by atoms with Crippen LogP contribution in [0, 0.1) is 32.6 Å². The van der Waals surface area contributed by atoms with E-state index in [-0.39, 0.29) is 33.8 Å². The maximum absolute atomic E-state index is 14.2. The highest BCUT2D eigenvalue weighted by atomic mass is 19.1. The predicted octanol–water partition coefficient (Wildman–Crippen LogP) is 8.04. The van der Waals surface area contributed by atoms with E-state index in [1.165, 1.54) is 12.1 Å². The number of benzene rings is 2. The summed E-state index contributed by atoms with van der Waals surface area (Å²) < 4.78 is 28.3. The van der Waals surface area contributed by atoms with Crippen molar-refractivity contribution in [3.8, 4) is 0 Å². The van der Waals surface area contributed by atoms with Crippen molar-refractivity contribution in [2.45, 2.75) is 105 Å². The van der Waals surface area contributed by atoms with Gasteiger partial charge in [-0.1, -0.05) is 39.5 Å². The van der Waals surface area contributed by atoms with Crippen LogP contribution in [0.5, 0.6) is 0 Å². The summed E-state index contributed by atoms with van der Waals surface area (Å²) in [6.45, 7) is 7.88. The summed E-state index contributed by atoms with van der Waals surface area (Å²) in [4.78, 5) is 35.3. The number of nitrogens with zero attached hydrogens (tertiary/aromatic N) is 1. The van der Waals surface area contributed by atoms with Crippen molar-refractivity contribution in [1.29, 1.82) is 0 Å². The van der Waals surface area contributed by atoms with Crippen LogP contribution in [-0.2, 0) is 22.4 Å². The number of carbonyl (C=O) groups is 2. The first-order valence-corrected chi connectivity index (χ1v) is 16.3. The average Bonchev–Trinajstić information content (AvgIpc) is 3.52. The molecule has 2 aromatic carbocycles. The molecule has 0 aliphatic heterocycles. The number of hydrogen-bond acceptors (Lipinski definition) is 7.